The SMILES string of the molecule is COc1cc(NC(=O)COC(=O)c2cc([N+](=O)[O-])ccc2N2CCOCC2)cc(OC)c1. The zero-order chi connectivity index (χ0) is 23.1. The quantitative estimate of drug-likeness (QED) is 0.369. The topological polar surface area (TPSA) is 129 Å². The van der Waals surface area contributed by atoms with E-state index in [2.05, 4.69) is 5.32 Å². The van der Waals surface area contributed by atoms with Crippen LogP contribution in [0.3, 0.4) is 0 Å². The van der Waals surface area contributed by atoms with Gasteiger partial charge in [-0.3, -0.25) is 14.9 Å². The Morgan fingerprint density at radius 2 is 1.75 bits per heavy atom. The maximum absolute atomic E-state index is 12.7. The number of methoxy groups -OCH3 is 2. The Bertz CT molecular complexity index is 982. The molecule has 0 aliphatic carbocycles. The Labute approximate surface area is 184 Å². The van der Waals surface area contributed by atoms with Crippen molar-refractivity contribution in [2.24, 2.45) is 0 Å². The van der Waals surface area contributed by atoms with Crippen LogP contribution >= 0.6 is 0 Å². The highest BCUT2D eigenvalue weighted by molar-refractivity contribution is 5.99. The van der Waals surface area contributed by atoms with Gasteiger partial charge in [0.2, 0.25) is 0 Å². The third-order valence-corrected chi connectivity index (χ3v) is 4.73. The molecule has 170 valence electrons. The van der Waals surface area contributed by atoms with Crippen LogP contribution in [0.15, 0.2) is 36.4 Å². The maximum atomic E-state index is 12.7. The van der Waals surface area contributed by atoms with Gasteiger partial charge in [0.25, 0.3) is 11.6 Å². The van der Waals surface area contributed by atoms with Crippen LogP contribution in [0, 0.1) is 10.1 Å². The molecule has 0 radical (unpaired) electrons. The highest BCUT2D eigenvalue weighted by Gasteiger charge is 2.23. The lowest BCUT2D eigenvalue weighted by molar-refractivity contribution is -0.384. The molecule has 1 aliphatic rings. The third-order valence-electron chi connectivity index (χ3n) is 4.73. The number of ether oxygens (including phenoxy) is 4. The number of esters is 1. The summed E-state index contributed by atoms with van der Waals surface area (Å²) in [6.07, 6.45) is 0. The molecule has 0 aromatic heterocycles. The first kappa shape index (κ1) is 22.8. The number of nitro groups is 1. The molecule has 1 fully saturated rings. The third kappa shape index (κ3) is 5.64. The predicted molar refractivity (Wildman–Crippen MR) is 115 cm³/mol. The van der Waals surface area contributed by atoms with E-state index >= 15 is 0 Å². The average Bonchev–Trinajstić information content (AvgIpc) is 2.82. The van der Waals surface area contributed by atoms with E-state index in [-0.39, 0.29) is 11.3 Å². The van der Waals surface area contributed by atoms with Gasteiger partial charge in [0.05, 0.1) is 43.6 Å². The summed E-state index contributed by atoms with van der Waals surface area (Å²) >= 11 is 0. The molecule has 0 atom stereocenters. The fraction of sp³-hybridized carbons (Fsp3) is 0.333. The number of nitrogens with one attached hydrogen (secondary N) is 1. The molecule has 1 heterocycles. The lowest BCUT2D eigenvalue weighted by Gasteiger charge is -2.30. The fourth-order valence-corrected chi connectivity index (χ4v) is 3.17. The van der Waals surface area contributed by atoms with E-state index in [1.165, 1.54) is 26.4 Å². The summed E-state index contributed by atoms with van der Waals surface area (Å²) in [6, 6.07) is 8.79. The van der Waals surface area contributed by atoms with Crippen molar-refractivity contribution in [3.05, 3.63) is 52.1 Å². The van der Waals surface area contributed by atoms with Gasteiger partial charge in [0, 0.05) is 49.1 Å². The van der Waals surface area contributed by atoms with E-state index in [0.717, 1.165) is 6.07 Å². The lowest BCUT2D eigenvalue weighted by atomic mass is 10.1. The normalized spacial score (nSPS) is 13.2. The molecule has 1 amide bonds. The van der Waals surface area contributed by atoms with Gasteiger partial charge >= 0.3 is 5.97 Å². The molecule has 2 aromatic carbocycles. The zero-order valence-corrected chi connectivity index (χ0v) is 17.7. The number of nitro benzene ring substituents is 1. The van der Waals surface area contributed by atoms with E-state index in [1.807, 2.05) is 4.90 Å². The van der Waals surface area contributed by atoms with Gasteiger partial charge in [-0.2, -0.15) is 0 Å². The smallest absolute Gasteiger partial charge is 0.341 e. The van der Waals surface area contributed by atoms with E-state index < -0.39 is 23.4 Å². The van der Waals surface area contributed by atoms with E-state index in [1.54, 1.807) is 18.2 Å². The van der Waals surface area contributed by atoms with Crippen molar-refractivity contribution in [3.63, 3.8) is 0 Å². The van der Waals surface area contributed by atoms with Crippen LogP contribution in [0.25, 0.3) is 0 Å². The van der Waals surface area contributed by atoms with Crippen molar-refractivity contribution < 1.29 is 33.5 Å². The first-order chi connectivity index (χ1) is 15.4. The second kappa shape index (κ2) is 10.4. The summed E-state index contributed by atoms with van der Waals surface area (Å²) in [5.41, 5.74) is 0.646. The number of hydrogen-bond acceptors (Lipinski definition) is 9. The summed E-state index contributed by atoms with van der Waals surface area (Å²) in [7, 11) is 2.96. The number of carbonyl (C=O) groups excluding carboxylic acids is 2. The molecule has 0 saturated carbocycles. The highest BCUT2D eigenvalue weighted by atomic mass is 16.6. The second-order valence-corrected chi connectivity index (χ2v) is 6.78. The molecule has 0 unspecified atom stereocenters. The number of nitrogens with zero attached hydrogens (tertiary/aromatic N) is 2. The second-order valence-electron chi connectivity index (χ2n) is 6.78. The van der Waals surface area contributed by atoms with Gasteiger partial charge in [0.15, 0.2) is 6.61 Å². The number of amides is 1. The van der Waals surface area contributed by atoms with E-state index in [9.17, 15) is 19.7 Å². The van der Waals surface area contributed by atoms with Gasteiger partial charge in [-0.15, -0.1) is 0 Å². The molecule has 1 aliphatic heterocycles. The Morgan fingerprint density at radius 1 is 1.09 bits per heavy atom. The van der Waals surface area contributed by atoms with Crippen molar-refractivity contribution in [3.8, 4) is 11.5 Å². The monoisotopic (exact) mass is 445 g/mol. The fourth-order valence-electron chi connectivity index (χ4n) is 3.17. The van der Waals surface area contributed by atoms with Crippen LogP contribution in [0.1, 0.15) is 10.4 Å². The molecule has 2 aromatic rings. The van der Waals surface area contributed by atoms with Gasteiger partial charge in [-0.25, -0.2) is 4.79 Å². The average molecular weight is 445 g/mol. The minimum absolute atomic E-state index is 0.0111. The summed E-state index contributed by atoms with van der Waals surface area (Å²) < 4.78 is 20.8. The molecular formula is C21H23N3O8. The van der Waals surface area contributed by atoms with Crippen LogP contribution in [0.2, 0.25) is 0 Å². The van der Waals surface area contributed by atoms with Crippen LogP contribution in [-0.2, 0) is 14.3 Å². The number of non-ortho nitro benzene ring substituents is 1. The molecule has 3 rings (SSSR count). The van der Waals surface area contributed by atoms with Crippen molar-refractivity contribution in [2.75, 3.05) is 57.3 Å². The summed E-state index contributed by atoms with van der Waals surface area (Å²) in [6.45, 7) is 1.41. The standard InChI is InChI=1S/C21H23N3O8/c1-29-16-9-14(10-17(12-16)30-2)22-20(25)13-32-21(26)18-11-15(24(27)28)3-4-19(18)23-5-7-31-8-6-23/h3-4,9-12H,5-8,13H2,1-2H3,(H,22,25). The van der Waals surface area contributed by atoms with Gasteiger partial charge in [0.1, 0.15) is 11.5 Å². The zero-order valence-electron chi connectivity index (χ0n) is 17.7. The molecule has 0 spiro atoms. The van der Waals surface area contributed by atoms with Gasteiger partial charge in [-0.1, -0.05) is 0 Å². The lowest BCUT2D eigenvalue weighted by Crippen LogP contribution is -2.37. The Balaban J connectivity index is 1.71. The number of carbonyl (C=O) groups is 2. The molecule has 11 heteroatoms. The highest BCUT2D eigenvalue weighted by Crippen LogP contribution is 2.28. The molecule has 1 N–H and O–H groups in total. The van der Waals surface area contributed by atoms with Crippen LogP contribution in [0.4, 0.5) is 17.1 Å². The minimum Gasteiger partial charge on any atom is -0.497 e. The summed E-state index contributed by atoms with van der Waals surface area (Å²) in [5, 5.41) is 13.8. The molecule has 11 nitrogen and oxygen atoms in total. The number of hydrogen-bond donors (Lipinski definition) is 1. The largest absolute Gasteiger partial charge is 0.497 e. The summed E-state index contributed by atoms with van der Waals surface area (Å²) in [5.74, 6) is -0.479. The maximum Gasteiger partial charge on any atom is 0.341 e. The van der Waals surface area contributed by atoms with Gasteiger partial charge in [-0.05, 0) is 6.07 Å². The molecule has 0 bridgehead atoms. The van der Waals surface area contributed by atoms with Crippen LogP contribution in [0.5, 0.6) is 11.5 Å². The molecular weight excluding hydrogens is 422 g/mol. The van der Waals surface area contributed by atoms with E-state index in [4.69, 9.17) is 18.9 Å². The summed E-state index contributed by atoms with van der Waals surface area (Å²) in [4.78, 5) is 37.5. The number of rotatable bonds is 8. The van der Waals surface area contributed by atoms with Crippen LogP contribution in [-0.4, -0.2) is 63.9 Å². The first-order valence-electron chi connectivity index (χ1n) is 9.72. The van der Waals surface area contributed by atoms with Gasteiger partial charge < -0.3 is 29.2 Å². The Morgan fingerprint density at radius 3 is 2.34 bits per heavy atom. The van der Waals surface area contributed by atoms with Crippen molar-refractivity contribution in [2.45, 2.75) is 0 Å². The molecule has 1 saturated heterocycles. The number of benzene rings is 2. The Kier molecular flexibility index (Phi) is 7.45. The van der Waals surface area contributed by atoms with Crippen LogP contribution < -0.4 is 19.7 Å². The predicted octanol–water partition coefficient (Wildman–Crippen LogP) is 2.24. The Hall–Kier alpha value is -3.86. The number of morpholine rings is 1. The van der Waals surface area contributed by atoms with Crippen molar-refractivity contribution in [1.29, 1.82) is 0 Å². The van der Waals surface area contributed by atoms with Crippen molar-refractivity contribution >= 4 is 28.9 Å². The van der Waals surface area contributed by atoms with Crippen molar-refractivity contribution in [1.82, 2.24) is 0 Å². The first-order valence-corrected chi connectivity index (χ1v) is 9.72. The van der Waals surface area contributed by atoms with E-state index in [0.29, 0.717) is 49.2 Å². The molecule has 32 heavy (non-hydrogen) atoms. The number of anilines is 2. The minimum atomic E-state index is -0.839.